The molecule has 3 aromatic rings. The summed E-state index contributed by atoms with van der Waals surface area (Å²) < 4.78 is 7.37. The maximum atomic E-state index is 12.9. The molecule has 2 aromatic heterocycles. The van der Waals surface area contributed by atoms with Gasteiger partial charge in [0.05, 0.1) is 6.33 Å². The fraction of sp³-hybridized carbons (Fsp3) is 0.581. The molecule has 5 rings (SSSR count). The standard InChI is InChI=1S/C31H46N10O5/c42-23(40-17-15-33-13-11-32-12-14-34-16-18-40)9-5-2-6-10-35-30(45)27-25(43)26(44)31(46-27)41-21-39-24-28(37-20-38-29(24)41)36-19-22-7-3-1-4-8-22/h1,3-4,7-8,20-21,25-27,31-34,43-44H,2,5-6,9-19H2,(H,35,45)(H,36,37,38)/t25-,26+,27-,31+/m0/s1. The highest BCUT2D eigenvalue weighted by atomic mass is 16.6. The molecular formula is C31H46N10O5. The molecule has 46 heavy (non-hydrogen) atoms. The van der Waals surface area contributed by atoms with Gasteiger partial charge < -0.3 is 46.4 Å². The number of ether oxygens (including phenoxy) is 1. The Morgan fingerprint density at radius 1 is 0.891 bits per heavy atom. The third-order valence-electron chi connectivity index (χ3n) is 8.23. The monoisotopic (exact) mass is 638 g/mol. The Balaban J connectivity index is 1.06. The Bertz CT molecular complexity index is 1380. The number of hydrogen-bond donors (Lipinski definition) is 7. The average molecular weight is 639 g/mol. The first-order valence-corrected chi connectivity index (χ1v) is 16.2. The van der Waals surface area contributed by atoms with Crippen molar-refractivity contribution < 1.29 is 24.5 Å². The SMILES string of the molecule is O=C(NCCCCCC(=O)N1CCNCCNCCNCC1)[C@H]1O[C@@H](n2cnc3c(NCc4ccccc4)ncnc32)[C@H](O)[C@@H]1O. The molecule has 2 amide bonds. The van der Waals surface area contributed by atoms with E-state index < -0.39 is 30.4 Å². The summed E-state index contributed by atoms with van der Waals surface area (Å²) in [6.07, 6.45) is 0.328. The smallest absolute Gasteiger partial charge is 0.252 e. The molecule has 0 unspecified atom stereocenters. The van der Waals surface area contributed by atoms with Gasteiger partial charge in [-0.15, -0.1) is 0 Å². The Morgan fingerprint density at radius 3 is 2.35 bits per heavy atom. The largest absolute Gasteiger partial charge is 0.387 e. The van der Waals surface area contributed by atoms with E-state index in [0.29, 0.717) is 56.0 Å². The van der Waals surface area contributed by atoms with Crippen molar-refractivity contribution in [3.8, 4) is 0 Å². The van der Waals surface area contributed by atoms with Gasteiger partial charge in [0.25, 0.3) is 5.91 Å². The van der Waals surface area contributed by atoms with Crippen molar-refractivity contribution in [1.29, 1.82) is 0 Å². The fourth-order valence-electron chi connectivity index (χ4n) is 5.62. The molecule has 2 aliphatic heterocycles. The predicted molar refractivity (Wildman–Crippen MR) is 172 cm³/mol. The Kier molecular flexibility index (Phi) is 12.6. The molecule has 4 atom stereocenters. The summed E-state index contributed by atoms with van der Waals surface area (Å²) in [4.78, 5) is 40.7. The van der Waals surface area contributed by atoms with Gasteiger partial charge in [-0.05, 0) is 18.4 Å². The van der Waals surface area contributed by atoms with Crippen molar-refractivity contribution in [3.63, 3.8) is 0 Å². The van der Waals surface area contributed by atoms with E-state index in [1.54, 1.807) is 0 Å². The summed E-state index contributed by atoms with van der Waals surface area (Å²) >= 11 is 0. The first kappa shape index (κ1) is 33.6. The summed E-state index contributed by atoms with van der Waals surface area (Å²) in [7, 11) is 0. The molecule has 0 radical (unpaired) electrons. The van der Waals surface area contributed by atoms with Crippen molar-refractivity contribution in [2.24, 2.45) is 0 Å². The van der Waals surface area contributed by atoms with E-state index in [0.717, 1.165) is 57.7 Å². The molecule has 0 bridgehead atoms. The maximum absolute atomic E-state index is 12.9. The van der Waals surface area contributed by atoms with E-state index >= 15 is 0 Å². The lowest BCUT2D eigenvalue weighted by molar-refractivity contribution is -0.137. The molecule has 15 nitrogen and oxygen atoms in total. The molecular weight excluding hydrogens is 592 g/mol. The van der Waals surface area contributed by atoms with Crippen LogP contribution in [0.2, 0.25) is 0 Å². The van der Waals surface area contributed by atoms with E-state index in [1.165, 1.54) is 17.2 Å². The summed E-state index contributed by atoms with van der Waals surface area (Å²) in [5.41, 5.74) is 1.95. The van der Waals surface area contributed by atoms with Crippen LogP contribution >= 0.6 is 0 Å². The van der Waals surface area contributed by atoms with Crippen LogP contribution in [-0.4, -0.2) is 124 Å². The number of aromatic nitrogens is 4. The second-order valence-electron chi connectivity index (χ2n) is 11.5. The molecule has 0 aliphatic carbocycles. The number of nitrogens with one attached hydrogen (secondary N) is 5. The van der Waals surface area contributed by atoms with Crippen molar-refractivity contribution >= 4 is 28.8 Å². The maximum Gasteiger partial charge on any atom is 0.252 e. The van der Waals surface area contributed by atoms with Gasteiger partial charge >= 0.3 is 0 Å². The fourth-order valence-corrected chi connectivity index (χ4v) is 5.62. The first-order chi connectivity index (χ1) is 22.5. The number of fused-ring (bicyclic) bond motifs is 1. The number of aliphatic hydroxyl groups excluding tert-OH is 2. The summed E-state index contributed by atoms with van der Waals surface area (Å²) in [5, 5.41) is 37.7. The Morgan fingerprint density at radius 2 is 1.61 bits per heavy atom. The van der Waals surface area contributed by atoms with Crippen molar-refractivity contribution in [1.82, 2.24) is 45.7 Å². The minimum absolute atomic E-state index is 0.140. The lowest BCUT2D eigenvalue weighted by Crippen LogP contribution is -2.44. The number of benzene rings is 1. The van der Waals surface area contributed by atoms with Crippen LogP contribution < -0.4 is 26.6 Å². The highest BCUT2D eigenvalue weighted by molar-refractivity contribution is 5.83. The zero-order valence-corrected chi connectivity index (χ0v) is 26.1. The van der Waals surface area contributed by atoms with Crippen LogP contribution in [0.5, 0.6) is 0 Å². The average Bonchev–Trinajstić information content (AvgIpc) is 3.62. The summed E-state index contributed by atoms with van der Waals surface area (Å²) in [6, 6.07) is 9.85. The van der Waals surface area contributed by atoms with Gasteiger partial charge in [0.15, 0.2) is 29.3 Å². The van der Waals surface area contributed by atoms with E-state index in [-0.39, 0.29) is 5.91 Å². The molecule has 0 saturated carbocycles. The minimum atomic E-state index is -1.43. The predicted octanol–water partition coefficient (Wildman–Crippen LogP) is -0.655. The van der Waals surface area contributed by atoms with Gasteiger partial charge in [-0.2, -0.15) is 0 Å². The number of hydrogen-bond acceptors (Lipinski definition) is 12. The normalized spacial score (nSPS) is 23.0. The third kappa shape index (κ3) is 8.96. The number of unbranched alkanes of at least 4 members (excludes halogenated alkanes) is 2. The minimum Gasteiger partial charge on any atom is -0.387 e. The number of imidazole rings is 1. The van der Waals surface area contributed by atoms with E-state index in [4.69, 9.17) is 4.74 Å². The number of rotatable bonds is 11. The second-order valence-corrected chi connectivity index (χ2v) is 11.5. The van der Waals surface area contributed by atoms with Gasteiger partial charge in [-0.1, -0.05) is 36.8 Å². The van der Waals surface area contributed by atoms with Crippen LogP contribution in [0.4, 0.5) is 5.82 Å². The van der Waals surface area contributed by atoms with E-state index in [9.17, 15) is 19.8 Å². The lowest BCUT2D eigenvalue weighted by Gasteiger charge is -2.24. The van der Waals surface area contributed by atoms with Gasteiger partial charge in [0, 0.05) is 71.9 Å². The molecule has 2 fully saturated rings. The topological polar surface area (TPSA) is 191 Å². The van der Waals surface area contributed by atoms with Crippen molar-refractivity contribution in [3.05, 3.63) is 48.5 Å². The van der Waals surface area contributed by atoms with Gasteiger partial charge in [-0.3, -0.25) is 14.2 Å². The molecule has 250 valence electrons. The van der Waals surface area contributed by atoms with Crippen LogP contribution in [0, 0.1) is 0 Å². The molecule has 15 heteroatoms. The van der Waals surface area contributed by atoms with Crippen LogP contribution in [0.1, 0.15) is 37.5 Å². The number of nitrogens with zero attached hydrogens (tertiary/aromatic N) is 5. The van der Waals surface area contributed by atoms with Crippen molar-refractivity contribution in [2.75, 3.05) is 64.2 Å². The zero-order chi connectivity index (χ0) is 32.1. The Hall–Kier alpha value is -3.73. The second kappa shape index (κ2) is 17.3. The number of carbonyl (C=O) groups is 2. The molecule has 2 saturated heterocycles. The van der Waals surface area contributed by atoms with E-state index in [2.05, 4.69) is 41.5 Å². The van der Waals surface area contributed by atoms with Gasteiger partial charge in [0.2, 0.25) is 5.91 Å². The quantitative estimate of drug-likeness (QED) is 0.132. The number of amides is 2. The third-order valence-corrected chi connectivity index (χ3v) is 8.23. The van der Waals surface area contributed by atoms with Crippen LogP contribution in [0.15, 0.2) is 43.0 Å². The molecule has 0 spiro atoms. The molecule has 4 heterocycles. The Labute approximate surface area is 268 Å². The van der Waals surface area contributed by atoms with Crippen LogP contribution in [-0.2, 0) is 20.9 Å². The molecule has 2 aliphatic rings. The van der Waals surface area contributed by atoms with E-state index in [1.807, 2.05) is 35.2 Å². The van der Waals surface area contributed by atoms with Gasteiger partial charge in [-0.25, -0.2) is 15.0 Å². The molecule has 1 aromatic carbocycles. The highest BCUT2D eigenvalue weighted by Gasteiger charge is 2.47. The molecule has 7 N–H and O–H groups in total. The van der Waals surface area contributed by atoms with Crippen LogP contribution in [0.3, 0.4) is 0 Å². The number of aliphatic hydroxyl groups is 2. The summed E-state index contributed by atoms with van der Waals surface area (Å²) in [5.74, 6) is 0.146. The number of carbonyl (C=O) groups excluding carboxylic acids is 2. The zero-order valence-electron chi connectivity index (χ0n) is 26.1. The van der Waals surface area contributed by atoms with Crippen molar-refractivity contribution in [2.45, 2.75) is 56.8 Å². The summed E-state index contributed by atoms with van der Waals surface area (Å²) in [6.45, 7) is 7.36. The first-order valence-electron chi connectivity index (χ1n) is 16.2. The van der Waals surface area contributed by atoms with Crippen LogP contribution in [0.25, 0.3) is 11.2 Å². The number of anilines is 1. The highest BCUT2D eigenvalue weighted by Crippen LogP contribution is 2.32. The lowest BCUT2D eigenvalue weighted by atomic mass is 10.1. The van der Waals surface area contributed by atoms with Gasteiger partial charge in [0.1, 0.15) is 18.5 Å².